The van der Waals surface area contributed by atoms with Gasteiger partial charge in [0, 0.05) is 0 Å². The van der Waals surface area contributed by atoms with Gasteiger partial charge in [-0.15, -0.1) is 0 Å². The van der Waals surface area contributed by atoms with Crippen molar-refractivity contribution in [2.45, 2.75) is 45.8 Å². The third-order valence-corrected chi connectivity index (χ3v) is 3.18. The minimum absolute atomic E-state index is 0.191. The number of aryl methyl sites for hydroxylation is 1. The van der Waals surface area contributed by atoms with Gasteiger partial charge in [-0.3, -0.25) is 4.98 Å². The highest BCUT2D eigenvalue weighted by Gasteiger charge is 2.40. The van der Waals surface area contributed by atoms with Crippen molar-refractivity contribution in [2.75, 3.05) is 0 Å². The first-order valence-electron chi connectivity index (χ1n) is 5.76. The van der Waals surface area contributed by atoms with Gasteiger partial charge >= 0.3 is 7.12 Å². The Kier molecular flexibility index (Phi) is 4.15. The summed E-state index contributed by atoms with van der Waals surface area (Å²) in [6.45, 7) is 8.00. The molecule has 100 valence electrons. The Morgan fingerprint density at radius 3 is 2.28 bits per heavy atom. The molecule has 18 heavy (non-hydrogen) atoms. The summed E-state index contributed by atoms with van der Waals surface area (Å²) in [7, 11) is -1.31. The average Bonchev–Trinajstić information content (AvgIpc) is 2.19. The van der Waals surface area contributed by atoms with Crippen molar-refractivity contribution in [3.8, 4) is 0 Å². The second-order valence-corrected chi connectivity index (χ2v) is 5.34. The standard InChI is InChI=1S/C12H19BFNO3/c1-8-9(14)6-7-10(15-8)13(17)18-12(4,5)11(2,3)16/h6-7,16-17H,1-5H3. The Labute approximate surface area is 107 Å². The zero-order chi connectivity index (χ0) is 14.1. The molecule has 0 spiro atoms. The number of nitrogens with zero attached hydrogens (tertiary/aromatic N) is 1. The molecular formula is C12H19BFNO3. The summed E-state index contributed by atoms with van der Waals surface area (Å²) in [5.41, 5.74) is -1.71. The first-order valence-corrected chi connectivity index (χ1v) is 5.76. The number of aliphatic hydroxyl groups is 1. The maximum absolute atomic E-state index is 13.1. The maximum Gasteiger partial charge on any atom is 0.511 e. The number of hydrogen-bond donors (Lipinski definition) is 2. The minimum atomic E-state index is -1.31. The topological polar surface area (TPSA) is 62.6 Å². The molecule has 0 radical (unpaired) electrons. The summed E-state index contributed by atoms with van der Waals surface area (Å²) < 4.78 is 18.5. The second-order valence-electron chi connectivity index (χ2n) is 5.34. The lowest BCUT2D eigenvalue weighted by atomic mass is 9.80. The monoisotopic (exact) mass is 255 g/mol. The number of pyridine rings is 1. The molecule has 0 aliphatic heterocycles. The first-order chi connectivity index (χ1) is 8.04. The molecule has 4 nitrogen and oxygen atoms in total. The largest absolute Gasteiger partial charge is 0.511 e. The SMILES string of the molecule is Cc1nc(B(O)OC(C)(C)C(C)(C)O)ccc1F. The Bertz CT molecular complexity index is 432. The molecule has 0 aliphatic carbocycles. The van der Waals surface area contributed by atoms with Crippen LogP contribution >= 0.6 is 0 Å². The predicted octanol–water partition coefficient (Wildman–Crippen LogP) is 0.783. The molecule has 0 atom stereocenters. The van der Waals surface area contributed by atoms with E-state index in [1.807, 2.05) is 0 Å². The summed E-state index contributed by atoms with van der Waals surface area (Å²) in [6.07, 6.45) is 0. The fourth-order valence-electron chi connectivity index (χ4n) is 1.18. The molecule has 1 aromatic heterocycles. The Morgan fingerprint density at radius 2 is 1.83 bits per heavy atom. The Balaban J connectivity index is 2.89. The quantitative estimate of drug-likeness (QED) is 0.780. The fourth-order valence-corrected chi connectivity index (χ4v) is 1.18. The summed E-state index contributed by atoms with van der Waals surface area (Å²) in [5.74, 6) is -0.437. The van der Waals surface area contributed by atoms with Gasteiger partial charge in [-0.2, -0.15) is 0 Å². The van der Waals surface area contributed by atoms with Crippen molar-refractivity contribution in [3.63, 3.8) is 0 Å². The van der Waals surface area contributed by atoms with Gasteiger partial charge < -0.3 is 14.8 Å². The van der Waals surface area contributed by atoms with E-state index in [-0.39, 0.29) is 11.3 Å². The molecule has 0 aliphatic rings. The molecule has 0 saturated carbocycles. The summed E-state index contributed by atoms with van der Waals surface area (Å²) in [5, 5.41) is 19.8. The zero-order valence-electron chi connectivity index (χ0n) is 11.4. The van der Waals surface area contributed by atoms with Crippen molar-refractivity contribution >= 4 is 12.7 Å². The minimum Gasteiger partial charge on any atom is -0.422 e. The van der Waals surface area contributed by atoms with Crippen LogP contribution in [0.1, 0.15) is 33.4 Å². The van der Waals surface area contributed by atoms with E-state index in [9.17, 15) is 14.5 Å². The van der Waals surface area contributed by atoms with Crippen LogP contribution in [0.4, 0.5) is 4.39 Å². The predicted molar refractivity (Wildman–Crippen MR) is 68.0 cm³/mol. The van der Waals surface area contributed by atoms with Gasteiger partial charge in [0.05, 0.1) is 22.5 Å². The summed E-state index contributed by atoms with van der Waals surface area (Å²) in [6, 6.07) is 2.58. The molecule has 0 saturated heterocycles. The smallest absolute Gasteiger partial charge is 0.422 e. The first kappa shape index (κ1) is 15.1. The Morgan fingerprint density at radius 1 is 1.28 bits per heavy atom. The molecule has 1 heterocycles. The van der Waals surface area contributed by atoms with Crippen molar-refractivity contribution in [1.82, 2.24) is 4.98 Å². The molecule has 0 aromatic carbocycles. The molecule has 0 amide bonds. The highest BCUT2D eigenvalue weighted by molar-refractivity contribution is 6.59. The van der Waals surface area contributed by atoms with E-state index >= 15 is 0 Å². The average molecular weight is 255 g/mol. The highest BCUT2D eigenvalue weighted by Crippen LogP contribution is 2.25. The lowest BCUT2D eigenvalue weighted by Gasteiger charge is -2.38. The molecule has 0 unspecified atom stereocenters. The maximum atomic E-state index is 13.1. The number of rotatable bonds is 4. The van der Waals surface area contributed by atoms with E-state index in [2.05, 4.69) is 4.98 Å². The van der Waals surface area contributed by atoms with Gasteiger partial charge in [0.1, 0.15) is 5.82 Å². The third-order valence-electron chi connectivity index (χ3n) is 3.18. The van der Waals surface area contributed by atoms with Crippen LogP contribution in [0.15, 0.2) is 12.1 Å². The number of hydrogen-bond acceptors (Lipinski definition) is 4. The van der Waals surface area contributed by atoms with E-state index in [4.69, 9.17) is 4.65 Å². The normalized spacial score (nSPS) is 12.7. The second kappa shape index (κ2) is 4.95. The van der Waals surface area contributed by atoms with Crippen LogP contribution < -0.4 is 5.59 Å². The van der Waals surface area contributed by atoms with Crippen molar-refractivity contribution in [2.24, 2.45) is 0 Å². The molecule has 0 bridgehead atoms. The molecule has 0 fully saturated rings. The van der Waals surface area contributed by atoms with Crippen molar-refractivity contribution in [3.05, 3.63) is 23.6 Å². The van der Waals surface area contributed by atoms with Crippen LogP contribution in [0.25, 0.3) is 0 Å². The van der Waals surface area contributed by atoms with Crippen LogP contribution in [0, 0.1) is 12.7 Å². The van der Waals surface area contributed by atoms with E-state index in [0.717, 1.165) is 0 Å². The van der Waals surface area contributed by atoms with Crippen LogP contribution in [0.5, 0.6) is 0 Å². The Hall–Kier alpha value is -0.975. The lowest BCUT2D eigenvalue weighted by Crippen LogP contribution is -2.53. The third kappa shape index (κ3) is 3.28. The van der Waals surface area contributed by atoms with Gasteiger partial charge in [0.25, 0.3) is 0 Å². The van der Waals surface area contributed by atoms with E-state index in [0.29, 0.717) is 0 Å². The van der Waals surface area contributed by atoms with Crippen LogP contribution in [-0.2, 0) is 4.65 Å². The van der Waals surface area contributed by atoms with Gasteiger partial charge in [0.15, 0.2) is 0 Å². The van der Waals surface area contributed by atoms with Crippen LogP contribution in [0.3, 0.4) is 0 Å². The van der Waals surface area contributed by atoms with Crippen LogP contribution in [0.2, 0.25) is 0 Å². The molecule has 1 aromatic rings. The van der Waals surface area contributed by atoms with Crippen molar-refractivity contribution in [1.29, 1.82) is 0 Å². The lowest BCUT2D eigenvalue weighted by molar-refractivity contribution is -0.0983. The van der Waals surface area contributed by atoms with Gasteiger partial charge in [-0.1, -0.05) is 0 Å². The van der Waals surface area contributed by atoms with E-state index < -0.39 is 24.1 Å². The van der Waals surface area contributed by atoms with Gasteiger partial charge in [0.2, 0.25) is 0 Å². The molecular weight excluding hydrogens is 236 g/mol. The van der Waals surface area contributed by atoms with Gasteiger partial charge in [-0.05, 0) is 46.8 Å². The molecule has 2 N–H and O–H groups in total. The zero-order valence-corrected chi connectivity index (χ0v) is 11.4. The van der Waals surface area contributed by atoms with Gasteiger partial charge in [-0.25, -0.2) is 4.39 Å². The van der Waals surface area contributed by atoms with Crippen molar-refractivity contribution < 1.29 is 19.2 Å². The van der Waals surface area contributed by atoms with Crippen LogP contribution in [-0.4, -0.2) is 33.4 Å². The number of aromatic nitrogens is 1. The summed E-state index contributed by atoms with van der Waals surface area (Å²) in [4.78, 5) is 3.91. The fraction of sp³-hybridized carbons (Fsp3) is 0.583. The highest BCUT2D eigenvalue weighted by atomic mass is 19.1. The summed E-state index contributed by atoms with van der Waals surface area (Å²) >= 11 is 0. The van der Waals surface area contributed by atoms with E-state index in [1.54, 1.807) is 27.7 Å². The molecule has 1 rings (SSSR count). The molecule has 6 heteroatoms. The van der Waals surface area contributed by atoms with E-state index in [1.165, 1.54) is 19.1 Å². The number of halogens is 1.